The fourth-order valence-electron chi connectivity index (χ4n) is 2.26. The van der Waals surface area contributed by atoms with E-state index in [0.29, 0.717) is 13.1 Å². The standard InChI is InChI=1S/C18H20N4O4/c1-21(15-7-3-2-4-8-15)11-10-19-17(23)13-20-18(24)14-6-5-9-16(12-14)22(25)26/h2-9,12H,10-11,13H2,1H3,(H,19,23)(H,20,24). The van der Waals surface area contributed by atoms with Crippen LogP contribution in [0.3, 0.4) is 0 Å². The second-order valence-electron chi connectivity index (χ2n) is 5.60. The van der Waals surface area contributed by atoms with Crippen molar-refractivity contribution in [2.24, 2.45) is 0 Å². The molecule has 0 saturated carbocycles. The molecule has 2 N–H and O–H groups in total. The molecule has 0 aliphatic rings. The van der Waals surface area contributed by atoms with Crippen molar-refractivity contribution >= 4 is 23.2 Å². The molecule has 2 amide bonds. The van der Waals surface area contributed by atoms with E-state index in [2.05, 4.69) is 10.6 Å². The maximum atomic E-state index is 12.0. The number of nitro groups is 1. The van der Waals surface area contributed by atoms with E-state index in [1.807, 2.05) is 42.3 Å². The number of non-ortho nitro benzene ring substituents is 1. The molecular formula is C18H20N4O4. The summed E-state index contributed by atoms with van der Waals surface area (Å²) >= 11 is 0. The maximum absolute atomic E-state index is 12.0. The summed E-state index contributed by atoms with van der Waals surface area (Å²) in [4.78, 5) is 35.9. The van der Waals surface area contributed by atoms with Crippen LogP contribution in [0.25, 0.3) is 0 Å². The molecule has 2 aromatic rings. The van der Waals surface area contributed by atoms with Crippen LogP contribution in [0, 0.1) is 10.1 Å². The van der Waals surface area contributed by atoms with Crippen LogP contribution in [0.15, 0.2) is 54.6 Å². The minimum Gasteiger partial charge on any atom is -0.373 e. The molecule has 0 atom stereocenters. The Morgan fingerprint density at radius 1 is 1.08 bits per heavy atom. The van der Waals surface area contributed by atoms with Crippen molar-refractivity contribution in [1.82, 2.24) is 10.6 Å². The Balaban J connectivity index is 1.74. The number of carbonyl (C=O) groups is 2. The largest absolute Gasteiger partial charge is 0.373 e. The highest BCUT2D eigenvalue weighted by molar-refractivity contribution is 5.96. The quantitative estimate of drug-likeness (QED) is 0.552. The van der Waals surface area contributed by atoms with Gasteiger partial charge in [0.1, 0.15) is 0 Å². The van der Waals surface area contributed by atoms with Gasteiger partial charge in [0.05, 0.1) is 11.5 Å². The molecule has 2 rings (SSSR count). The van der Waals surface area contributed by atoms with Crippen LogP contribution in [0.5, 0.6) is 0 Å². The van der Waals surface area contributed by atoms with E-state index in [4.69, 9.17) is 0 Å². The van der Waals surface area contributed by atoms with E-state index < -0.39 is 10.8 Å². The van der Waals surface area contributed by atoms with Gasteiger partial charge in [-0.3, -0.25) is 19.7 Å². The lowest BCUT2D eigenvalue weighted by Gasteiger charge is -2.19. The van der Waals surface area contributed by atoms with Crippen molar-refractivity contribution in [2.75, 3.05) is 31.6 Å². The summed E-state index contributed by atoms with van der Waals surface area (Å²) < 4.78 is 0. The molecule has 0 radical (unpaired) electrons. The van der Waals surface area contributed by atoms with Gasteiger partial charge < -0.3 is 15.5 Å². The van der Waals surface area contributed by atoms with Crippen molar-refractivity contribution in [3.63, 3.8) is 0 Å². The van der Waals surface area contributed by atoms with E-state index in [1.165, 1.54) is 24.3 Å². The first-order chi connectivity index (χ1) is 12.5. The average molecular weight is 356 g/mol. The maximum Gasteiger partial charge on any atom is 0.270 e. The highest BCUT2D eigenvalue weighted by atomic mass is 16.6. The molecule has 136 valence electrons. The van der Waals surface area contributed by atoms with E-state index >= 15 is 0 Å². The summed E-state index contributed by atoms with van der Waals surface area (Å²) in [5.74, 6) is -0.865. The number of nitro benzene ring substituents is 1. The van der Waals surface area contributed by atoms with Crippen molar-refractivity contribution < 1.29 is 14.5 Å². The summed E-state index contributed by atoms with van der Waals surface area (Å²) in [7, 11) is 1.92. The zero-order valence-corrected chi connectivity index (χ0v) is 14.3. The van der Waals surface area contributed by atoms with Crippen LogP contribution >= 0.6 is 0 Å². The minimum absolute atomic E-state index is 0.135. The van der Waals surface area contributed by atoms with Crippen molar-refractivity contribution in [3.8, 4) is 0 Å². The van der Waals surface area contributed by atoms with Crippen molar-refractivity contribution in [3.05, 3.63) is 70.3 Å². The third kappa shape index (κ3) is 5.59. The van der Waals surface area contributed by atoms with Gasteiger partial charge in [0.2, 0.25) is 5.91 Å². The van der Waals surface area contributed by atoms with Gasteiger partial charge in [-0.1, -0.05) is 24.3 Å². The molecule has 8 nitrogen and oxygen atoms in total. The minimum atomic E-state index is -0.577. The van der Waals surface area contributed by atoms with E-state index in [9.17, 15) is 19.7 Å². The molecule has 0 aliphatic heterocycles. The second kappa shape index (κ2) is 9.16. The van der Waals surface area contributed by atoms with Gasteiger partial charge in [-0.05, 0) is 18.2 Å². The molecule has 0 aliphatic carbocycles. The number of amides is 2. The van der Waals surface area contributed by atoms with Gasteiger partial charge >= 0.3 is 0 Å². The predicted molar refractivity (Wildman–Crippen MR) is 98.2 cm³/mol. The van der Waals surface area contributed by atoms with Gasteiger partial charge in [0.15, 0.2) is 0 Å². The third-order valence-corrected chi connectivity index (χ3v) is 3.70. The Kier molecular flexibility index (Phi) is 6.67. The lowest BCUT2D eigenvalue weighted by atomic mass is 10.2. The zero-order chi connectivity index (χ0) is 18.9. The number of anilines is 1. The van der Waals surface area contributed by atoms with Gasteiger partial charge in [-0.2, -0.15) is 0 Å². The van der Waals surface area contributed by atoms with Crippen molar-refractivity contribution in [1.29, 1.82) is 0 Å². The summed E-state index contributed by atoms with van der Waals surface area (Å²) in [6.07, 6.45) is 0. The first kappa shape index (κ1) is 18.9. The number of hydrogen-bond donors (Lipinski definition) is 2. The van der Waals surface area contributed by atoms with Gasteiger partial charge in [0, 0.05) is 43.5 Å². The Morgan fingerprint density at radius 3 is 2.50 bits per heavy atom. The van der Waals surface area contributed by atoms with Crippen LogP contribution < -0.4 is 15.5 Å². The van der Waals surface area contributed by atoms with Crippen LogP contribution in [0.4, 0.5) is 11.4 Å². The SMILES string of the molecule is CN(CCNC(=O)CNC(=O)c1cccc([N+](=O)[O-])c1)c1ccccc1. The molecule has 0 saturated heterocycles. The Hall–Kier alpha value is -3.42. The fourth-order valence-corrected chi connectivity index (χ4v) is 2.26. The molecule has 0 unspecified atom stereocenters. The van der Waals surface area contributed by atoms with Crippen molar-refractivity contribution in [2.45, 2.75) is 0 Å². The number of benzene rings is 2. The molecule has 26 heavy (non-hydrogen) atoms. The third-order valence-electron chi connectivity index (χ3n) is 3.70. The van der Waals surface area contributed by atoms with Gasteiger partial charge in [-0.15, -0.1) is 0 Å². The lowest BCUT2D eigenvalue weighted by Crippen LogP contribution is -2.40. The number of rotatable bonds is 8. The summed E-state index contributed by atoms with van der Waals surface area (Å²) in [5.41, 5.74) is 1.00. The number of nitrogens with one attached hydrogen (secondary N) is 2. The number of nitrogens with zero attached hydrogens (tertiary/aromatic N) is 2. The molecule has 0 fully saturated rings. The van der Waals surface area contributed by atoms with Crippen LogP contribution in [0.2, 0.25) is 0 Å². The number of para-hydroxylation sites is 1. The topological polar surface area (TPSA) is 105 Å². The summed E-state index contributed by atoms with van der Waals surface area (Å²) in [6, 6.07) is 15.1. The van der Waals surface area contributed by atoms with Crippen LogP contribution in [0.1, 0.15) is 10.4 Å². The molecule has 0 aromatic heterocycles. The smallest absolute Gasteiger partial charge is 0.270 e. The highest BCUT2D eigenvalue weighted by Crippen LogP contribution is 2.12. The first-order valence-corrected chi connectivity index (χ1v) is 8.03. The van der Waals surface area contributed by atoms with E-state index in [0.717, 1.165) is 5.69 Å². The summed E-state index contributed by atoms with van der Waals surface area (Å²) in [6.45, 7) is 0.849. The fraction of sp³-hybridized carbons (Fsp3) is 0.222. The Labute approximate surface area is 151 Å². The van der Waals surface area contributed by atoms with Crippen LogP contribution in [-0.4, -0.2) is 43.4 Å². The molecule has 0 bridgehead atoms. The van der Waals surface area contributed by atoms with E-state index in [-0.39, 0.29) is 23.7 Å². The second-order valence-corrected chi connectivity index (χ2v) is 5.60. The molecule has 2 aromatic carbocycles. The monoisotopic (exact) mass is 356 g/mol. The Morgan fingerprint density at radius 2 is 1.81 bits per heavy atom. The molecule has 0 heterocycles. The zero-order valence-electron chi connectivity index (χ0n) is 14.3. The molecular weight excluding hydrogens is 336 g/mol. The summed E-state index contributed by atoms with van der Waals surface area (Å²) in [5, 5.41) is 15.9. The van der Waals surface area contributed by atoms with Crippen LogP contribution in [-0.2, 0) is 4.79 Å². The van der Waals surface area contributed by atoms with Gasteiger partial charge in [0.25, 0.3) is 11.6 Å². The number of likely N-dealkylation sites (N-methyl/N-ethyl adjacent to an activating group) is 1. The number of carbonyl (C=O) groups excluding carboxylic acids is 2. The first-order valence-electron chi connectivity index (χ1n) is 8.03. The highest BCUT2D eigenvalue weighted by Gasteiger charge is 2.12. The lowest BCUT2D eigenvalue weighted by molar-refractivity contribution is -0.384. The average Bonchev–Trinajstić information content (AvgIpc) is 2.66. The number of hydrogen-bond acceptors (Lipinski definition) is 5. The Bertz CT molecular complexity index is 780. The molecule has 8 heteroatoms. The van der Waals surface area contributed by atoms with E-state index in [1.54, 1.807) is 0 Å². The van der Waals surface area contributed by atoms with Gasteiger partial charge in [-0.25, -0.2) is 0 Å². The predicted octanol–water partition coefficient (Wildman–Crippen LogP) is 1.58. The molecule has 0 spiro atoms. The normalized spacial score (nSPS) is 10.0.